The largest absolute Gasteiger partial charge is 0.327 e. The second-order valence-corrected chi connectivity index (χ2v) is 5.93. The zero-order chi connectivity index (χ0) is 12.0. The number of benzene rings is 1. The molecule has 1 saturated heterocycles. The minimum Gasteiger partial charge on any atom is -0.327 e. The van der Waals surface area contributed by atoms with Gasteiger partial charge in [0.1, 0.15) is 0 Å². The van der Waals surface area contributed by atoms with E-state index < -0.39 is 0 Å². The molecule has 4 unspecified atom stereocenters. The summed E-state index contributed by atoms with van der Waals surface area (Å²) < 4.78 is 0. The predicted octanol–water partition coefficient (Wildman–Crippen LogP) is 1.90. The molecular formula is C15H22N2. The average Bonchev–Trinajstić information content (AvgIpc) is 2.77. The van der Waals surface area contributed by atoms with Crippen LogP contribution >= 0.6 is 0 Å². The van der Waals surface area contributed by atoms with Gasteiger partial charge in [0.05, 0.1) is 0 Å². The fraction of sp³-hybridized carbons (Fsp3) is 0.600. The van der Waals surface area contributed by atoms with Crippen LogP contribution < -0.4 is 11.1 Å². The summed E-state index contributed by atoms with van der Waals surface area (Å²) in [6, 6.07) is 10.2. The molecule has 2 fully saturated rings. The highest BCUT2D eigenvalue weighted by Gasteiger charge is 2.55. The molecule has 0 amide bonds. The highest BCUT2D eigenvalue weighted by molar-refractivity contribution is 5.26. The number of fused-ring (bicyclic) bond motifs is 1. The highest BCUT2D eigenvalue weighted by Crippen LogP contribution is 2.44. The Labute approximate surface area is 104 Å². The lowest BCUT2D eigenvalue weighted by atomic mass is 9.98. The molecule has 0 bridgehead atoms. The third-order valence-corrected chi connectivity index (χ3v) is 4.47. The van der Waals surface area contributed by atoms with Gasteiger partial charge in [0.2, 0.25) is 0 Å². The van der Waals surface area contributed by atoms with E-state index in [-0.39, 0.29) is 0 Å². The molecule has 1 aliphatic heterocycles. The van der Waals surface area contributed by atoms with Crippen LogP contribution in [0.1, 0.15) is 30.9 Å². The van der Waals surface area contributed by atoms with Crippen molar-refractivity contribution < 1.29 is 0 Å². The monoisotopic (exact) mass is 230 g/mol. The van der Waals surface area contributed by atoms with Crippen molar-refractivity contribution in [3.8, 4) is 0 Å². The summed E-state index contributed by atoms with van der Waals surface area (Å²) in [5, 5.41) is 3.59. The second kappa shape index (κ2) is 4.11. The maximum absolute atomic E-state index is 6.04. The van der Waals surface area contributed by atoms with Crippen molar-refractivity contribution in [1.82, 2.24) is 5.32 Å². The first-order chi connectivity index (χ1) is 8.16. The maximum Gasteiger partial charge on any atom is 0.0154 e. The molecule has 1 aliphatic carbocycles. The van der Waals surface area contributed by atoms with Crippen LogP contribution in [-0.4, -0.2) is 18.6 Å². The van der Waals surface area contributed by atoms with E-state index in [1.807, 2.05) is 0 Å². The summed E-state index contributed by atoms with van der Waals surface area (Å²) in [6.45, 7) is 5.60. The van der Waals surface area contributed by atoms with Crippen molar-refractivity contribution in [2.45, 2.75) is 38.3 Å². The Balaban J connectivity index is 1.65. The molecule has 92 valence electrons. The van der Waals surface area contributed by atoms with Crippen LogP contribution in [0.5, 0.6) is 0 Å². The second-order valence-electron chi connectivity index (χ2n) is 5.93. The zero-order valence-corrected chi connectivity index (χ0v) is 10.7. The number of hydrogen-bond donors (Lipinski definition) is 2. The molecule has 2 aliphatic rings. The van der Waals surface area contributed by atoms with Gasteiger partial charge in [-0.15, -0.1) is 0 Å². The van der Waals surface area contributed by atoms with E-state index in [4.69, 9.17) is 5.73 Å². The van der Waals surface area contributed by atoms with E-state index in [1.54, 1.807) is 0 Å². The summed E-state index contributed by atoms with van der Waals surface area (Å²) >= 11 is 0. The third kappa shape index (κ3) is 2.00. The Morgan fingerprint density at radius 2 is 2.00 bits per heavy atom. The van der Waals surface area contributed by atoms with Gasteiger partial charge in [-0.3, -0.25) is 0 Å². The molecule has 1 heterocycles. The lowest BCUT2D eigenvalue weighted by Crippen LogP contribution is -2.33. The smallest absolute Gasteiger partial charge is 0.0154 e. The number of piperidine rings is 1. The molecule has 0 radical (unpaired) electrons. The molecule has 1 aromatic rings. The minimum absolute atomic E-state index is 0.469. The Morgan fingerprint density at radius 1 is 1.29 bits per heavy atom. The first kappa shape index (κ1) is 11.2. The van der Waals surface area contributed by atoms with E-state index in [1.165, 1.54) is 11.1 Å². The van der Waals surface area contributed by atoms with Crippen LogP contribution in [0.15, 0.2) is 24.3 Å². The van der Waals surface area contributed by atoms with Crippen LogP contribution in [0.25, 0.3) is 0 Å². The van der Waals surface area contributed by atoms with Crippen molar-refractivity contribution in [1.29, 1.82) is 0 Å². The van der Waals surface area contributed by atoms with Crippen LogP contribution in [0.4, 0.5) is 0 Å². The lowest BCUT2D eigenvalue weighted by molar-refractivity contribution is 0.510. The zero-order valence-electron chi connectivity index (χ0n) is 10.7. The van der Waals surface area contributed by atoms with Gasteiger partial charge in [-0.25, -0.2) is 0 Å². The molecule has 1 saturated carbocycles. The van der Waals surface area contributed by atoms with Crippen molar-refractivity contribution in [2.75, 3.05) is 6.54 Å². The van der Waals surface area contributed by atoms with Crippen molar-refractivity contribution in [2.24, 2.45) is 17.6 Å². The fourth-order valence-corrected chi connectivity index (χ4v) is 3.19. The summed E-state index contributed by atoms with van der Waals surface area (Å²) in [5.41, 5.74) is 8.90. The molecule has 3 N–H and O–H groups in total. The van der Waals surface area contributed by atoms with Gasteiger partial charge in [-0.05, 0) is 35.3 Å². The Bertz CT molecular complexity index is 396. The van der Waals surface area contributed by atoms with Crippen molar-refractivity contribution in [3.63, 3.8) is 0 Å². The average molecular weight is 230 g/mol. The van der Waals surface area contributed by atoms with Crippen LogP contribution in [0, 0.1) is 11.8 Å². The van der Waals surface area contributed by atoms with Crippen LogP contribution in [-0.2, 0) is 6.42 Å². The van der Waals surface area contributed by atoms with Gasteiger partial charge in [-0.2, -0.15) is 0 Å². The Morgan fingerprint density at radius 3 is 2.53 bits per heavy atom. The highest BCUT2D eigenvalue weighted by atomic mass is 15.1. The van der Waals surface area contributed by atoms with Crippen molar-refractivity contribution in [3.05, 3.63) is 35.4 Å². The van der Waals surface area contributed by atoms with Crippen LogP contribution in [0.3, 0.4) is 0 Å². The molecule has 1 aromatic carbocycles. The Hall–Kier alpha value is -0.860. The summed E-state index contributed by atoms with van der Waals surface area (Å²) in [7, 11) is 0. The Kier molecular flexibility index (Phi) is 2.72. The SMILES string of the molecule is CC(C)c1ccc(CC2NCC3C(N)C23)cc1. The number of nitrogens with one attached hydrogen (secondary N) is 1. The molecule has 2 heteroatoms. The molecule has 17 heavy (non-hydrogen) atoms. The standard InChI is InChI=1S/C15H22N2/c1-9(2)11-5-3-10(4-6-11)7-13-14-12(8-17-13)15(14)16/h3-6,9,12-15,17H,7-8,16H2,1-2H3. The third-order valence-electron chi connectivity index (χ3n) is 4.47. The van der Waals surface area contributed by atoms with Gasteiger partial charge in [-0.1, -0.05) is 38.1 Å². The number of hydrogen-bond acceptors (Lipinski definition) is 2. The molecule has 3 rings (SSSR count). The first-order valence-corrected chi connectivity index (χ1v) is 6.74. The molecular weight excluding hydrogens is 208 g/mol. The normalized spacial score (nSPS) is 35.1. The van der Waals surface area contributed by atoms with Gasteiger partial charge < -0.3 is 11.1 Å². The van der Waals surface area contributed by atoms with Gasteiger partial charge >= 0.3 is 0 Å². The first-order valence-electron chi connectivity index (χ1n) is 6.74. The van der Waals surface area contributed by atoms with E-state index in [0.717, 1.165) is 24.8 Å². The van der Waals surface area contributed by atoms with E-state index in [0.29, 0.717) is 18.0 Å². The molecule has 0 aromatic heterocycles. The van der Waals surface area contributed by atoms with E-state index in [2.05, 4.69) is 43.4 Å². The molecule has 4 atom stereocenters. The summed E-state index contributed by atoms with van der Waals surface area (Å²) in [4.78, 5) is 0. The van der Waals surface area contributed by atoms with Crippen molar-refractivity contribution >= 4 is 0 Å². The van der Waals surface area contributed by atoms with Gasteiger partial charge in [0.25, 0.3) is 0 Å². The van der Waals surface area contributed by atoms with Gasteiger partial charge in [0.15, 0.2) is 0 Å². The fourth-order valence-electron chi connectivity index (χ4n) is 3.19. The molecule has 0 spiro atoms. The number of rotatable bonds is 3. The minimum atomic E-state index is 0.469. The van der Waals surface area contributed by atoms with E-state index in [9.17, 15) is 0 Å². The predicted molar refractivity (Wildman–Crippen MR) is 71.0 cm³/mol. The van der Waals surface area contributed by atoms with Gasteiger partial charge in [0, 0.05) is 18.6 Å². The number of nitrogens with two attached hydrogens (primary N) is 1. The quantitative estimate of drug-likeness (QED) is 0.832. The molecule has 2 nitrogen and oxygen atoms in total. The summed E-state index contributed by atoms with van der Waals surface area (Å²) in [5.74, 6) is 2.12. The topological polar surface area (TPSA) is 38.0 Å². The summed E-state index contributed by atoms with van der Waals surface area (Å²) in [6.07, 6.45) is 1.13. The van der Waals surface area contributed by atoms with Crippen LogP contribution in [0.2, 0.25) is 0 Å². The van der Waals surface area contributed by atoms with E-state index >= 15 is 0 Å². The lowest BCUT2D eigenvalue weighted by Gasteiger charge is -2.15. The maximum atomic E-state index is 6.04.